The maximum atomic E-state index is 12.3. The molecular formula is C15H22BrN3O. The van der Waals surface area contributed by atoms with Crippen molar-refractivity contribution in [3.8, 4) is 0 Å². The smallest absolute Gasteiger partial charge is 0.252 e. The number of benzene rings is 1. The molecule has 0 aliphatic carbocycles. The SMILES string of the molecule is CC(CN1CCCCC1)NC(=O)c1cccc(N)c1Br. The fourth-order valence-corrected chi connectivity index (χ4v) is 3.05. The maximum Gasteiger partial charge on any atom is 0.252 e. The first-order chi connectivity index (χ1) is 9.58. The average molecular weight is 340 g/mol. The van der Waals surface area contributed by atoms with Gasteiger partial charge in [-0.2, -0.15) is 0 Å². The number of nitrogens with one attached hydrogen (secondary N) is 1. The van der Waals surface area contributed by atoms with Crippen LogP contribution in [0.4, 0.5) is 5.69 Å². The predicted octanol–water partition coefficient (Wildman–Crippen LogP) is 2.64. The molecule has 1 fully saturated rings. The highest BCUT2D eigenvalue weighted by Crippen LogP contribution is 2.23. The second-order valence-corrected chi connectivity index (χ2v) is 6.24. The second-order valence-electron chi connectivity index (χ2n) is 5.44. The topological polar surface area (TPSA) is 58.4 Å². The molecule has 1 aromatic rings. The van der Waals surface area contributed by atoms with Gasteiger partial charge in [-0.1, -0.05) is 12.5 Å². The van der Waals surface area contributed by atoms with Crippen molar-refractivity contribution >= 4 is 27.5 Å². The summed E-state index contributed by atoms with van der Waals surface area (Å²) >= 11 is 3.37. The number of nitrogen functional groups attached to an aromatic ring is 1. The van der Waals surface area contributed by atoms with Gasteiger partial charge in [-0.05, 0) is 60.9 Å². The Balaban J connectivity index is 1.91. The molecule has 3 N–H and O–H groups in total. The van der Waals surface area contributed by atoms with E-state index in [1.54, 1.807) is 18.2 Å². The number of hydrogen-bond donors (Lipinski definition) is 2. The Bertz CT molecular complexity index is 472. The van der Waals surface area contributed by atoms with Gasteiger partial charge in [0, 0.05) is 18.3 Å². The molecule has 1 aromatic carbocycles. The quantitative estimate of drug-likeness (QED) is 0.829. The molecule has 1 unspecified atom stereocenters. The molecule has 1 aliphatic heterocycles. The molecule has 0 bridgehead atoms. The summed E-state index contributed by atoms with van der Waals surface area (Å²) in [5.41, 5.74) is 6.98. The minimum atomic E-state index is -0.0753. The van der Waals surface area contributed by atoms with Crippen LogP contribution in [-0.2, 0) is 0 Å². The molecule has 1 amide bonds. The predicted molar refractivity (Wildman–Crippen MR) is 85.8 cm³/mol. The average Bonchev–Trinajstić information content (AvgIpc) is 2.42. The van der Waals surface area contributed by atoms with Crippen LogP contribution in [0.2, 0.25) is 0 Å². The van der Waals surface area contributed by atoms with Crippen LogP contribution >= 0.6 is 15.9 Å². The van der Waals surface area contributed by atoms with E-state index in [0.29, 0.717) is 15.7 Å². The highest BCUT2D eigenvalue weighted by molar-refractivity contribution is 9.10. The van der Waals surface area contributed by atoms with Crippen molar-refractivity contribution in [2.24, 2.45) is 0 Å². The number of nitrogens with two attached hydrogens (primary N) is 1. The third-order valence-corrected chi connectivity index (χ3v) is 4.52. The van der Waals surface area contributed by atoms with E-state index >= 15 is 0 Å². The first-order valence-corrected chi connectivity index (χ1v) is 7.94. The van der Waals surface area contributed by atoms with Crippen molar-refractivity contribution in [1.82, 2.24) is 10.2 Å². The molecule has 1 heterocycles. The zero-order chi connectivity index (χ0) is 14.5. The molecule has 20 heavy (non-hydrogen) atoms. The number of nitrogens with zero attached hydrogens (tertiary/aromatic N) is 1. The number of halogens is 1. The van der Waals surface area contributed by atoms with Crippen molar-refractivity contribution in [1.29, 1.82) is 0 Å². The van der Waals surface area contributed by atoms with E-state index in [9.17, 15) is 4.79 Å². The Morgan fingerprint density at radius 3 is 2.80 bits per heavy atom. The standard InChI is InChI=1S/C15H22BrN3O/c1-11(10-19-8-3-2-4-9-19)18-15(20)12-6-5-7-13(17)14(12)16/h5-7,11H,2-4,8-10,17H2,1H3,(H,18,20). The van der Waals surface area contributed by atoms with Crippen LogP contribution < -0.4 is 11.1 Å². The maximum absolute atomic E-state index is 12.3. The molecular weight excluding hydrogens is 318 g/mol. The van der Waals surface area contributed by atoms with Crippen LogP contribution in [0, 0.1) is 0 Å². The monoisotopic (exact) mass is 339 g/mol. The third-order valence-electron chi connectivity index (χ3n) is 3.63. The van der Waals surface area contributed by atoms with Crippen LogP contribution in [0.25, 0.3) is 0 Å². The first-order valence-electron chi connectivity index (χ1n) is 7.15. The summed E-state index contributed by atoms with van der Waals surface area (Å²) in [6, 6.07) is 5.49. The molecule has 0 spiro atoms. The summed E-state index contributed by atoms with van der Waals surface area (Å²) in [5, 5.41) is 3.05. The number of piperidine rings is 1. The Morgan fingerprint density at radius 2 is 2.10 bits per heavy atom. The number of carbonyl (C=O) groups is 1. The molecule has 5 heteroatoms. The first kappa shape index (κ1) is 15.3. The summed E-state index contributed by atoms with van der Waals surface area (Å²) < 4.78 is 0.669. The highest BCUT2D eigenvalue weighted by Gasteiger charge is 2.17. The van der Waals surface area contributed by atoms with Gasteiger partial charge in [0.2, 0.25) is 0 Å². The van der Waals surface area contributed by atoms with Crippen molar-refractivity contribution in [3.05, 3.63) is 28.2 Å². The fourth-order valence-electron chi connectivity index (χ4n) is 2.60. The van der Waals surface area contributed by atoms with Crippen molar-refractivity contribution in [2.45, 2.75) is 32.2 Å². The van der Waals surface area contributed by atoms with Gasteiger partial charge in [0.15, 0.2) is 0 Å². The molecule has 1 saturated heterocycles. The molecule has 0 aromatic heterocycles. The largest absolute Gasteiger partial charge is 0.398 e. The second kappa shape index (κ2) is 7.09. The van der Waals surface area contributed by atoms with Gasteiger partial charge in [0.1, 0.15) is 0 Å². The summed E-state index contributed by atoms with van der Waals surface area (Å²) in [6.07, 6.45) is 3.86. The van der Waals surface area contributed by atoms with Gasteiger partial charge < -0.3 is 16.0 Å². The van der Waals surface area contributed by atoms with Gasteiger partial charge in [0.05, 0.1) is 10.0 Å². The molecule has 4 nitrogen and oxygen atoms in total. The van der Waals surface area contributed by atoms with Gasteiger partial charge >= 0.3 is 0 Å². The van der Waals surface area contributed by atoms with Crippen LogP contribution in [0.3, 0.4) is 0 Å². The normalized spacial score (nSPS) is 17.7. The summed E-state index contributed by atoms with van der Waals surface area (Å²) in [4.78, 5) is 14.7. The minimum absolute atomic E-state index is 0.0753. The molecule has 1 atom stereocenters. The van der Waals surface area contributed by atoms with Gasteiger partial charge in [-0.3, -0.25) is 4.79 Å². The number of rotatable bonds is 4. The van der Waals surface area contributed by atoms with E-state index in [0.717, 1.165) is 19.6 Å². The lowest BCUT2D eigenvalue weighted by atomic mass is 10.1. The Morgan fingerprint density at radius 1 is 1.40 bits per heavy atom. The summed E-state index contributed by atoms with van der Waals surface area (Å²) in [6.45, 7) is 5.24. The van der Waals surface area contributed by atoms with E-state index in [2.05, 4.69) is 26.1 Å². The number of likely N-dealkylation sites (tertiary alicyclic amines) is 1. The van der Waals surface area contributed by atoms with Crippen molar-refractivity contribution < 1.29 is 4.79 Å². The van der Waals surface area contributed by atoms with Crippen LogP contribution in [0.15, 0.2) is 22.7 Å². The Hall–Kier alpha value is -1.07. The third kappa shape index (κ3) is 3.96. The van der Waals surface area contributed by atoms with Gasteiger partial charge in [-0.15, -0.1) is 0 Å². The van der Waals surface area contributed by atoms with Crippen LogP contribution in [0.5, 0.6) is 0 Å². The van der Waals surface area contributed by atoms with Crippen LogP contribution in [0.1, 0.15) is 36.5 Å². The lowest BCUT2D eigenvalue weighted by Crippen LogP contribution is -2.43. The molecule has 110 valence electrons. The zero-order valence-electron chi connectivity index (χ0n) is 11.9. The van der Waals surface area contributed by atoms with E-state index in [1.807, 2.05) is 6.92 Å². The zero-order valence-corrected chi connectivity index (χ0v) is 13.4. The number of amides is 1. The molecule has 1 aliphatic rings. The van der Waals surface area contributed by atoms with Crippen LogP contribution in [-0.4, -0.2) is 36.5 Å². The lowest BCUT2D eigenvalue weighted by molar-refractivity contribution is 0.0925. The summed E-state index contributed by atoms with van der Waals surface area (Å²) in [5.74, 6) is -0.0753. The van der Waals surface area contributed by atoms with Crippen molar-refractivity contribution in [2.75, 3.05) is 25.4 Å². The summed E-state index contributed by atoms with van der Waals surface area (Å²) in [7, 11) is 0. The van der Waals surface area contributed by atoms with E-state index in [4.69, 9.17) is 5.73 Å². The minimum Gasteiger partial charge on any atom is -0.398 e. The lowest BCUT2D eigenvalue weighted by Gasteiger charge is -2.29. The fraction of sp³-hybridized carbons (Fsp3) is 0.533. The highest BCUT2D eigenvalue weighted by atomic mass is 79.9. The number of carbonyl (C=O) groups excluding carboxylic acids is 1. The Labute approximate surface area is 128 Å². The molecule has 0 saturated carbocycles. The van der Waals surface area contributed by atoms with E-state index in [-0.39, 0.29) is 11.9 Å². The number of hydrogen-bond acceptors (Lipinski definition) is 3. The Kier molecular flexibility index (Phi) is 5.43. The molecule has 2 rings (SSSR count). The van der Waals surface area contributed by atoms with Crippen molar-refractivity contribution in [3.63, 3.8) is 0 Å². The van der Waals surface area contributed by atoms with E-state index in [1.165, 1.54) is 19.3 Å². The molecule has 0 radical (unpaired) electrons. The van der Waals surface area contributed by atoms with Gasteiger partial charge in [0.25, 0.3) is 5.91 Å². The number of anilines is 1. The van der Waals surface area contributed by atoms with Gasteiger partial charge in [-0.25, -0.2) is 0 Å². The van der Waals surface area contributed by atoms with E-state index < -0.39 is 0 Å².